The van der Waals surface area contributed by atoms with E-state index < -0.39 is 22.2 Å². The molecule has 36 heavy (non-hydrogen) atoms. The topological polar surface area (TPSA) is 85.8 Å². The van der Waals surface area contributed by atoms with Gasteiger partial charge in [-0.3, -0.25) is 4.31 Å². The Bertz CT molecular complexity index is 1380. The SMILES string of the molecule is COC(=O)c1ccc(COc2cc3c(cc2N(CC(C)F)S(=O)(=O)c2nc(C)cs2)CCC3)c(C)c1. The highest BCUT2D eigenvalue weighted by Gasteiger charge is 2.32. The van der Waals surface area contributed by atoms with Crippen molar-refractivity contribution in [3.63, 3.8) is 0 Å². The van der Waals surface area contributed by atoms with Crippen molar-refractivity contribution < 1.29 is 27.1 Å². The zero-order chi connectivity index (χ0) is 26.0. The van der Waals surface area contributed by atoms with E-state index in [4.69, 9.17) is 9.47 Å². The molecule has 4 rings (SSSR count). The van der Waals surface area contributed by atoms with Crippen molar-refractivity contribution in [2.45, 2.75) is 57.2 Å². The third-order valence-electron chi connectivity index (χ3n) is 6.12. The number of carbonyl (C=O) groups excluding carboxylic acids is 1. The van der Waals surface area contributed by atoms with Crippen molar-refractivity contribution in [3.05, 3.63) is 69.2 Å². The van der Waals surface area contributed by atoms with Gasteiger partial charge >= 0.3 is 5.97 Å². The standard InChI is InChI=1S/C26H29FN2O5S2/c1-16-10-21(25(30)33-4)8-9-22(16)14-34-24-12-20-7-5-6-19(20)11-23(24)29(13-17(2)27)36(31,32)26-28-18(3)15-35-26/h8-12,15,17H,5-7,13-14H2,1-4H3. The first kappa shape index (κ1) is 26.1. The molecule has 0 N–H and O–H groups in total. The van der Waals surface area contributed by atoms with E-state index in [0.29, 0.717) is 22.7 Å². The molecule has 0 saturated heterocycles. The van der Waals surface area contributed by atoms with Crippen molar-refractivity contribution in [1.29, 1.82) is 0 Å². The van der Waals surface area contributed by atoms with Crippen LogP contribution in [0.5, 0.6) is 5.75 Å². The number of hydrogen-bond acceptors (Lipinski definition) is 7. The molecule has 1 heterocycles. The van der Waals surface area contributed by atoms with Gasteiger partial charge in [0.25, 0.3) is 10.0 Å². The molecule has 3 aromatic rings. The summed E-state index contributed by atoms with van der Waals surface area (Å²) >= 11 is 1.01. The van der Waals surface area contributed by atoms with Gasteiger partial charge in [0, 0.05) is 11.1 Å². The molecule has 0 amide bonds. The number of carbonyl (C=O) groups is 1. The maximum atomic E-state index is 14.3. The third kappa shape index (κ3) is 5.39. The number of benzene rings is 2. The number of esters is 1. The summed E-state index contributed by atoms with van der Waals surface area (Å²) < 4.78 is 53.5. The molecule has 0 bridgehead atoms. The van der Waals surface area contributed by atoms with Gasteiger partial charge < -0.3 is 9.47 Å². The Hall–Kier alpha value is -2.98. The Morgan fingerprint density at radius 2 is 1.92 bits per heavy atom. The van der Waals surface area contributed by atoms with Crippen molar-refractivity contribution >= 4 is 33.0 Å². The van der Waals surface area contributed by atoms with Crippen LogP contribution < -0.4 is 9.04 Å². The summed E-state index contributed by atoms with van der Waals surface area (Å²) in [6.07, 6.45) is 1.25. The lowest BCUT2D eigenvalue weighted by Crippen LogP contribution is -2.36. The van der Waals surface area contributed by atoms with Crippen molar-refractivity contribution in [3.8, 4) is 5.75 Å². The molecule has 1 aromatic heterocycles. The summed E-state index contributed by atoms with van der Waals surface area (Å²) in [5.74, 6) is -0.0605. The molecule has 2 aromatic carbocycles. The molecule has 0 saturated carbocycles. The van der Waals surface area contributed by atoms with E-state index in [1.54, 1.807) is 30.5 Å². The highest BCUT2D eigenvalue weighted by atomic mass is 32.2. The second-order valence-electron chi connectivity index (χ2n) is 8.94. The second kappa shape index (κ2) is 10.6. The molecule has 1 aliphatic carbocycles. The highest BCUT2D eigenvalue weighted by molar-refractivity contribution is 7.94. The second-order valence-corrected chi connectivity index (χ2v) is 11.8. The van der Waals surface area contributed by atoms with Crippen LogP contribution in [0.1, 0.15) is 51.7 Å². The van der Waals surface area contributed by atoms with Gasteiger partial charge in [0.2, 0.25) is 4.34 Å². The van der Waals surface area contributed by atoms with Gasteiger partial charge in [-0.05, 0) is 86.6 Å². The van der Waals surface area contributed by atoms with Crippen LogP contribution >= 0.6 is 11.3 Å². The molecule has 0 radical (unpaired) electrons. The maximum absolute atomic E-state index is 14.3. The summed E-state index contributed by atoms with van der Waals surface area (Å²) in [5.41, 5.74) is 5.13. The van der Waals surface area contributed by atoms with Gasteiger partial charge in [-0.2, -0.15) is 8.42 Å². The lowest BCUT2D eigenvalue weighted by molar-refractivity contribution is 0.0600. The lowest BCUT2D eigenvalue weighted by Gasteiger charge is -2.27. The number of methoxy groups -OCH3 is 1. The van der Waals surface area contributed by atoms with Gasteiger partial charge in [-0.1, -0.05) is 6.07 Å². The van der Waals surface area contributed by atoms with Gasteiger partial charge in [0.05, 0.1) is 24.9 Å². The number of aromatic nitrogens is 1. The number of nitrogens with zero attached hydrogens (tertiary/aromatic N) is 2. The Balaban J connectivity index is 1.73. The van der Waals surface area contributed by atoms with E-state index in [1.807, 2.05) is 19.1 Å². The zero-order valence-electron chi connectivity index (χ0n) is 20.7. The predicted octanol–water partition coefficient (Wildman–Crippen LogP) is 5.17. The minimum atomic E-state index is -4.11. The van der Waals surface area contributed by atoms with Gasteiger partial charge in [0.15, 0.2) is 0 Å². The number of ether oxygens (including phenoxy) is 2. The summed E-state index contributed by atoms with van der Waals surface area (Å²) in [4.78, 5) is 16.0. The lowest BCUT2D eigenvalue weighted by atomic mass is 10.1. The molecule has 1 atom stereocenters. The number of anilines is 1. The van der Waals surface area contributed by atoms with Crippen molar-refractivity contribution in [2.24, 2.45) is 0 Å². The molecule has 0 spiro atoms. The predicted molar refractivity (Wildman–Crippen MR) is 137 cm³/mol. The van der Waals surface area contributed by atoms with Crippen molar-refractivity contribution in [2.75, 3.05) is 18.0 Å². The normalized spacial score (nSPS) is 13.8. The minimum Gasteiger partial charge on any atom is -0.487 e. The number of hydrogen-bond donors (Lipinski definition) is 0. The van der Waals surface area contributed by atoms with Gasteiger partial charge in [0.1, 0.15) is 18.5 Å². The van der Waals surface area contributed by atoms with Crippen molar-refractivity contribution in [1.82, 2.24) is 4.98 Å². The summed E-state index contributed by atoms with van der Waals surface area (Å²) in [6.45, 7) is 4.70. The molecular weight excluding hydrogens is 503 g/mol. The molecule has 1 unspecified atom stereocenters. The van der Waals surface area contributed by atoms with Crippen LogP contribution in [-0.4, -0.2) is 39.2 Å². The fourth-order valence-corrected chi connectivity index (χ4v) is 6.93. The summed E-state index contributed by atoms with van der Waals surface area (Å²) in [7, 11) is -2.78. The number of halogens is 1. The number of aryl methyl sites for hydroxylation is 4. The minimum absolute atomic E-state index is 0.0821. The molecule has 1 aliphatic rings. The number of alkyl halides is 1. The van der Waals surface area contributed by atoms with E-state index in [2.05, 4.69) is 4.98 Å². The molecule has 0 fully saturated rings. The first-order valence-electron chi connectivity index (χ1n) is 11.7. The molecule has 10 heteroatoms. The van der Waals surface area contributed by atoms with E-state index >= 15 is 0 Å². The van der Waals surface area contributed by atoms with Crippen LogP contribution in [0.25, 0.3) is 0 Å². The fraction of sp³-hybridized carbons (Fsp3) is 0.385. The van der Waals surface area contributed by atoms with Crippen LogP contribution in [0.15, 0.2) is 40.1 Å². The first-order valence-corrected chi connectivity index (χ1v) is 14.0. The first-order chi connectivity index (χ1) is 17.1. The number of fused-ring (bicyclic) bond motifs is 1. The average molecular weight is 533 g/mol. The largest absolute Gasteiger partial charge is 0.487 e. The Morgan fingerprint density at radius 3 is 2.53 bits per heavy atom. The van der Waals surface area contributed by atoms with E-state index in [1.165, 1.54) is 14.0 Å². The smallest absolute Gasteiger partial charge is 0.337 e. The highest BCUT2D eigenvalue weighted by Crippen LogP contribution is 2.39. The van der Waals surface area contributed by atoms with Crippen LogP contribution in [0.2, 0.25) is 0 Å². The Kier molecular flexibility index (Phi) is 7.65. The fourth-order valence-electron chi connectivity index (χ4n) is 4.26. The number of thiazole rings is 1. The zero-order valence-corrected chi connectivity index (χ0v) is 22.3. The molecular formula is C26H29FN2O5S2. The number of rotatable bonds is 9. The van der Waals surface area contributed by atoms with E-state index in [-0.39, 0.29) is 17.5 Å². The molecule has 192 valence electrons. The van der Waals surface area contributed by atoms with E-state index in [9.17, 15) is 17.6 Å². The van der Waals surface area contributed by atoms with Crippen LogP contribution in [-0.2, 0) is 34.2 Å². The van der Waals surface area contributed by atoms with E-state index in [0.717, 1.165) is 57.2 Å². The quantitative estimate of drug-likeness (QED) is 0.354. The summed E-state index contributed by atoms with van der Waals surface area (Å²) in [6, 6.07) is 8.85. The van der Waals surface area contributed by atoms with Crippen LogP contribution in [0.4, 0.5) is 10.1 Å². The Labute approximate surface area is 214 Å². The molecule has 0 aliphatic heterocycles. The monoisotopic (exact) mass is 532 g/mol. The van der Waals surface area contributed by atoms with Crippen LogP contribution in [0, 0.1) is 13.8 Å². The van der Waals surface area contributed by atoms with Gasteiger partial charge in [-0.15, -0.1) is 11.3 Å². The Morgan fingerprint density at radius 1 is 1.19 bits per heavy atom. The maximum Gasteiger partial charge on any atom is 0.337 e. The van der Waals surface area contributed by atoms with Gasteiger partial charge in [-0.25, -0.2) is 14.2 Å². The average Bonchev–Trinajstić information content (AvgIpc) is 3.49. The summed E-state index contributed by atoms with van der Waals surface area (Å²) in [5, 5.41) is 1.66. The van der Waals surface area contributed by atoms with Crippen LogP contribution in [0.3, 0.4) is 0 Å². The third-order valence-corrected chi connectivity index (χ3v) is 9.25. The molecule has 7 nitrogen and oxygen atoms in total. The number of sulfonamides is 1.